The van der Waals surface area contributed by atoms with Crippen molar-refractivity contribution in [1.82, 2.24) is 0 Å². The van der Waals surface area contributed by atoms with Crippen molar-refractivity contribution in [3.8, 4) is 0 Å². The maximum atomic E-state index is 11.0. The van der Waals surface area contributed by atoms with Crippen LogP contribution in [-0.2, 0) is 0 Å². The topological polar surface area (TPSA) is 89.5 Å². The van der Waals surface area contributed by atoms with Gasteiger partial charge >= 0.3 is 0 Å². The highest BCUT2D eigenvalue weighted by Gasteiger charge is 2.35. The Morgan fingerprint density at radius 3 is 1.47 bits per heavy atom. The Balaban J connectivity index is 1.72. The van der Waals surface area contributed by atoms with Crippen molar-refractivity contribution < 1.29 is 9.85 Å². The van der Waals surface area contributed by atoms with E-state index in [9.17, 15) is 20.2 Å². The number of nitro groups is 2. The van der Waals surface area contributed by atoms with E-state index >= 15 is 0 Å². The van der Waals surface area contributed by atoms with Crippen molar-refractivity contribution in [3.05, 3.63) is 109 Å². The van der Waals surface area contributed by atoms with Crippen LogP contribution in [0.15, 0.2) is 72.8 Å². The number of non-ortho nitro benzene ring substituents is 2. The molecule has 1 saturated heterocycles. The molecule has 0 radical (unpaired) electrons. The normalized spacial score (nSPS) is 18.4. The predicted molar refractivity (Wildman–Crippen MR) is 115 cm³/mol. The van der Waals surface area contributed by atoms with Crippen LogP contribution in [0.25, 0.3) is 0 Å². The molecule has 0 spiro atoms. The van der Waals surface area contributed by atoms with Gasteiger partial charge in [0, 0.05) is 35.0 Å². The van der Waals surface area contributed by atoms with Gasteiger partial charge in [-0.25, -0.2) is 0 Å². The lowest BCUT2D eigenvalue weighted by atomic mass is 10.0. The summed E-state index contributed by atoms with van der Waals surface area (Å²) in [5, 5.41) is 22.6. The molecular weight excluding hydrogens is 406 g/mol. The van der Waals surface area contributed by atoms with Gasteiger partial charge in [0.15, 0.2) is 0 Å². The molecule has 1 fully saturated rings. The Kier molecular flexibility index (Phi) is 5.37. The summed E-state index contributed by atoms with van der Waals surface area (Å²) >= 11 is 6.07. The molecule has 152 valence electrons. The first-order valence-electron chi connectivity index (χ1n) is 9.46. The molecule has 0 saturated carbocycles. The molecule has 3 aromatic carbocycles. The van der Waals surface area contributed by atoms with Crippen LogP contribution in [0.5, 0.6) is 0 Å². The standard InChI is InChI=1S/C22H18ClN3O4/c23-17-5-11-18(12-6-17)24-21(15-1-7-19(8-2-15)25(27)28)13-14-22(24)16-3-9-20(10-4-16)26(29)30/h1-12,21-22H,13-14H2. The van der Waals surface area contributed by atoms with Gasteiger partial charge in [-0.3, -0.25) is 20.2 Å². The molecule has 0 amide bonds. The van der Waals surface area contributed by atoms with Crippen molar-refractivity contribution in [1.29, 1.82) is 0 Å². The lowest BCUT2D eigenvalue weighted by molar-refractivity contribution is -0.385. The summed E-state index contributed by atoms with van der Waals surface area (Å²) in [7, 11) is 0. The summed E-state index contributed by atoms with van der Waals surface area (Å²) in [6, 6.07) is 20.9. The van der Waals surface area contributed by atoms with Crippen LogP contribution < -0.4 is 4.90 Å². The number of hydrogen-bond donors (Lipinski definition) is 0. The van der Waals surface area contributed by atoms with Gasteiger partial charge in [0.2, 0.25) is 0 Å². The second kappa shape index (κ2) is 8.12. The highest BCUT2D eigenvalue weighted by atomic mass is 35.5. The third-order valence-electron chi connectivity index (χ3n) is 5.49. The molecule has 2 unspecified atom stereocenters. The van der Waals surface area contributed by atoms with Gasteiger partial charge in [-0.1, -0.05) is 35.9 Å². The van der Waals surface area contributed by atoms with Crippen molar-refractivity contribution in [3.63, 3.8) is 0 Å². The second-order valence-corrected chi connectivity index (χ2v) is 7.63. The monoisotopic (exact) mass is 423 g/mol. The summed E-state index contributed by atoms with van der Waals surface area (Å²) in [5.41, 5.74) is 3.06. The lowest BCUT2D eigenvalue weighted by Gasteiger charge is -2.33. The Labute approximate surface area is 177 Å². The molecule has 3 aromatic rings. The number of halogens is 1. The fraction of sp³-hybridized carbons (Fsp3) is 0.182. The van der Waals surface area contributed by atoms with Gasteiger partial charge in [0.1, 0.15) is 0 Å². The molecule has 7 nitrogen and oxygen atoms in total. The minimum atomic E-state index is -0.408. The third kappa shape index (κ3) is 3.84. The molecule has 0 N–H and O–H groups in total. The van der Waals surface area contributed by atoms with Crippen LogP contribution in [-0.4, -0.2) is 9.85 Å². The van der Waals surface area contributed by atoms with Crippen LogP contribution in [0.4, 0.5) is 17.1 Å². The van der Waals surface area contributed by atoms with Crippen LogP contribution in [0.2, 0.25) is 5.02 Å². The quantitative estimate of drug-likeness (QED) is 0.358. The Morgan fingerprint density at radius 1 is 0.700 bits per heavy atom. The van der Waals surface area contributed by atoms with Gasteiger partial charge in [0.05, 0.1) is 21.9 Å². The zero-order valence-electron chi connectivity index (χ0n) is 15.8. The highest BCUT2D eigenvalue weighted by Crippen LogP contribution is 2.47. The second-order valence-electron chi connectivity index (χ2n) is 7.19. The Bertz CT molecular complexity index is 1000. The zero-order chi connectivity index (χ0) is 21.3. The van der Waals surface area contributed by atoms with E-state index in [0.717, 1.165) is 29.7 Å². The summed E-state index contributed by atoms with van der Waals surface area (Å²) in [4.78, 5) is 23.4. The Morgan fingerprint density at radius 2 is 1.10 bits per heavy atom. The fourth-order valence-corrected chi connectivity index (χ4v) is 4.20. The van der Waals surface area contributed by atoms with Gasteiger partial charge in [-0.05, 0) is 48.2 Å². The molecule has 2 atom stereocenters. The first-order valence-corrected chi connectivity index (χ1v) is 9.84. The maximum Gasteiger partial charge on any atom is 0.269 e. The van der Waals surface area contributed by atoms with Gasteiger partial charge in [-0.2, -0.15) is 0 Å². The van der Waals surface area contributed by atoms with Crippen molar-refractivity contribution >= 4 is 28.7 Å². The smallest absolute Gasteiger partial charge is 0.269 e. The number of nitro benzene ring substituents is 2. The summed E-state index contributed by atoms with van der Waals surface area (Å²) < 4.78 is 0. The van der Waals surface area contributed by atoms with Crippen LogP contribution in [0.3, 0.4) is 0 Å². The number of nitrogens with zero attached hydrogens (tertiary/aromatic N) is 3. The van der Waals surface area contributed by atoms with Gasteiger partial charge < -0.3 is 4.90 Å². The minimum absolute atomic E-state index is 0.0205. The van der Waals surface area contributed by atoms with Crippen molar-refractivity contribution in [2.45, 2.75) is 24.9 Å². The van der Waals surface area contributed by atoms with E-state index in [0.29, 0.717) is 5.02 Å². The summed E-state index contributed by atoms with van der Waals surface area (Å²) in [5.74, 6) is 0. The molecule has 4 rings (SSSR count). The van der Waals surface area contributed by atoms with Gasteiger partial charge in [0.25, 0.3) is 11.4 Å². The highest BCUT2D eigenvalue weighted by molar-refractivity contribution is 6.30. The van der Waals surface area contributed by atoms with Crippen molar-refractivity contribution in [2.75, 3.05) is 4.90 Å². The van der Waals surface area contributed by atoms with E-state index in [1.54, 1.807) is 24.3 Å². The van der Waals surface area contributed by atoms with E-state index in [-0.39, 0.29) is 23.5 Å². The summed E-state index contributed by atoms with van der Waals surface area (Å²) in [6.45, 7) is 0. The van der Waals surface area contributed by atoms with E-state index in [1.165, 1.54) is 24.3 Å². The zero-order valence-corrected chi connectivity index (χ0v) is 16.6. The number of anilines is 1. The average molecular weight is 424 g/mol. The van der Waals surface area contributed by atoms with E-state index in [2.05, 4.69) is 4.90 Å². The lowest BCUT2D eigenvalue weighted by Crippen LogP contribution is -2.26. The molecule has 1 heterocycles. The average Bonchev–Trinajstić information content (AvgIpc) is 3.19. The SMILES string of the molecule is O=[N+]([O-])c1ccc(C2CCC(c3ccc([N+](=O)[O-])cc3)N2c2ccc(Cl)cc2)cc1. The summed E-state index contributed by atoms with van der Waals surface area (Å²) in [6.07, 6.45) is 1.70. The fourth-order valence-electron chi connectivity index (χ4n) is 4.08. The first kappa shape index (κ1) is 19.8. The molecule has 8 heteroatoms. The van der Waals surface area contributed by atoms with E-state index in [1.807, 2.05) is 24.3 Å². The molecule has 0 aromatic heterocycles. The Hall–Kier alpha value is -3.45. The largest absolute Gasteiger partial charge is 0.357 e. The third-order valence-corrected chi connectivity index (χ3v) is 5.74. The molecule has 1 aliphatic heterocycles. The van der Waals surface area contributed by atoms with E-state index < -0.39 is 9.85 Å². The first-order chi connectivity index (χ1) is 14.4. The molecule has 1 aliphatic rings. The van der Waals surface area contributed by atoms with Gasteiger partial charge in [-0.15, -0.1) is 0 Å². The number of benzene rings is 3. The molecule has 0 bridgehead atoms. The number of rotatable bonds is 5. The van der Waals surface area contributed by atoms with Crippen LogP contribution >= 0.6 is 11.6 Å². The van der Waals surface area contributed by atoms with Crippen molar-refractivity contribution in [2.24, 2.45) is 0 Å². The molecule has 0 aliphatic carbocycles. The van der Waals surface area contributed by atoms with E-state index in [4.69, 9.17) is 11.6 Å². The van der Waals surface area contributed by atoms with Crippen LogP contribution in [0, 0.1) is 20.2 Å². The van der Waals surface area contributed by atoms with Crippen LogP contribution in [0.1, 0.15) is 36.1 Å². The number of hydrogen-bond acceptors (Lipinski definition) is 5. The minimum Gasteiger partial charge on any atom is -0.357 e. The predicted octanol–water partition coefficient (Wildman–Crippen LogP) is 6.24. The molecular formula is C22H18ClN3O4. The maximum absolute atomic E-state index is 11.0. The molecule has 30 heavy (non-hydrogen) atoms.